The van der Waals surface area contributed by atoms with Crippen LogP contribution in [0.5, 0.6) is 5.75 Å². The van der Waals surface area contributed by atoms with Crippen LogP contribution in [0.15, 0.2) is 60.9 Å². The Morgan fingerprint density at radius 3 is 2.76 bits per heavy atom. The Balaban J connectivity index is 1.53. The number of hydrogen-bond donors (Lipinski definition) is 0. The lowest BCUT2D eigenvalue weighted by Gasteiger charge is -2.26. The van der Waals surface area contributed by atoms with Crippen molar-refractivity contribution in [1.29, 1.82) is 0 Å². The summed E-state index contributed by atoms with van der Waals surface area (Å²) >= 11 is 0. The molecule has 1 aliphatic rings. The van der Waals surface area contributed by atoms with Crippen molar-refractivity contribution in [2.75, 3.05) is 13.7 Å². The number of fused-ring (bicyclic) bond motifs is 1. The Kier molecular flexibility index (Phi) is 5.56. The molecule has 0 fully saturated rings. The summed E-state index contributed by atoms with van der Waals surface area (Å²) in [6.07, 6.45) is 5.90. The van der Waals surface area contributed by atoms with E-state index in [1.807, 2.05) is 6.07 Å². The number of esters is 1. The second-order valence-corrected chi connectivity index (χ2v) is 7.16. The van der Waals surface area contributed by atoms with Gasteiger partial charge in [0.2, 0.25) is 0 Å². The van der Waals surface area contributed by atoms with Crippen LogP contribution in [0, 0.1) is 5.82 Å². The second-order valence-electron chi connectivity index (χ2n) is 7.16. The van der Waals surface area contributed by atoms with Crippen LogP contribution in [-0.4, -0.2) is 24.7 Å². The first kappa shape index (κ1) is 19.1. The predicted octanol–water partition coefficient (Wildman–Crippen LogP) is 5.17. The number of benzene rings is 2. The van der Waals surface area contributed by atoms with Gasteiger partial charge in [0.05, 0.1) is 19.3 Å². The quantitative estimate of drug-likeness (QED) is 0.563. The van der Waals surface area contributed by atoms with E-state index in [1.54, 1.807) is 30.6 Å². The molecule has 0 saturated heterocycles. The van der Waals surface area contributed by atoms with Gasteiger partial charge in [0, 0.05) is 12.4 Å². The van der Waals surface area contributed by atoms with Crippen molar-refractivity contribution in [2.45, 2.75) is 25.2 Å². The first-order valence-electron chi connectivity index (χ1n) is 9.69. The predicted molar refractivity (Wildman–Crippen MR) is 109 cm³/mol. The largest absolute Gasteiger partial charge is 0.493 e. The molecular weight excluding hydrogens is 369 g/mol. The van der Waals surface area contributed by atoms with Crippen molar-refractivity contribution in [1.82, 2.24) is 4.98 Å². The lowest BCUT2D eigenvalue weighted by atomic mass is 9.86. The summed E-state index contributed by atoms with van der Waals surface area (Å²) in [6.45, 7) is 0.654. The van der Waals surface area contributed by atoms with E-state index in [4.69, 9.17) is 9.47 Å². The van der Waals surface area contributed by atoms with E-state index in [-0.39, 0.29) is 11.8 Å². The molecule has 2 heterocycles. The summed E-state index contributed by atoms with van der Waals surface area (Å²) in [6, 6.07) is 14.4. The summed E-state index contributed by atoms with van der Waals surface area (Å²) in [5.41, 5.74) is 4.60. The molecule has 4 nitrogen and oxygen atoms in total. The minimum absolute atomic E-state index is 0.246. The van der Waals surface area contributed by atoms with E-state index < -0.39 is 0 Å². The van der Waals surface area contributed by atoms with Crippen LogP contribution in [-0.2, 0) is 11.2 Å². The smallest absolute Gasteiger partial charge is 0.338 e. The highest BCUT2D eigenvalue weighted by molar-refractivity contribution is 5.90. The molecule has 0 bridgehead atoms. The fourth-order valence-electron chi connectivity index (χ4n) is 3.85. The van der Waals surface area contributed by atoms with E-state index in [1.165, 1.54) is 24.8 Å². The number of aromatic nitrogens is 1. The van der Waals surface area contributed by atoms with Gasteiger partial charge in [-0.15, -0.1) is 0 Å². The van der Waals surface area contributed by atoms with Crippen molar-refractivity contribution in [3.8, 4) is 16.9 Å². The van der Waals surface area contributed by atoms with E-state index >= 15 is 0 Å². The van der Waals surface area contributed by atoms with Crippen molar-refractivity contribution < 1.29 is 18.7 Å². The lowest BCUT2D eigenvalue weighted by Crippen LogP contribution is -2.15. The molecule has 0 N–H and O–H groups in total. The average molecular weight is 391 g/mol. The van der Waals surface area contributed by atoms with Crippen LogP contribution in [0.3, 0.4) is 0 Å². The molecule has 5 heteroatoms. The van der Waals surface area contributed by atoms with Crippen molar-refractivity contribution in [3.05, 3.63) is 83.4 Å². The number of carbonyl (C=O) groups is 1. The molecule has 0 aliphatic carbocycles. The van der Waals surface area contributed by atoms with Gasteiger partial charge < -0.3 is 9.47 Å². The van der Waals surface area contributed by atoms with Gasteiger partial charge in [0.1, 0.15) is 11.6 Å². The molecule has 1 aromatic heterocycles. The topological polar surface area (TPSA) is 48.4 Å². The summed E-state index contributed by atoms with van der Waals surface area (Å²) in [4.78, 5) is 16.1. The van der Waals surface area contributed by atoms with E-state index in [0.717, 1.165) is 41.7 Å². The van der Waals surface area contributed by atoms with Crippen LogP contribution in [0.2, 0.25) is 0 Å². The third-order valence-corrected chi connectivity index (χ3v) is 5.43. The molecule has 0 saturated carbocycles. The molecule has 0 spiro atoms. The SMILES string of the molecule is COC(=O)c1ccncc1CC[C@@H]1CCOc2cc(-c3ccc(F)cc3)ccc21. The normalized spacial score (nSPS) is 15.3. The number of methoxy groups -OCH3 is 1. The average Bonchev–Trinajstić information content (AvgIpc) is 2.77. The standard InChI is InChI=1S/C24H22FNO3/c1-28-24(27)22-10-12-26-15-19(22)3-2-17-11-13-29-23-14-18(6-9-21(17)23)16-4-7-20(25)8-5-16/h4-10,12,14-15,17H,2-3,11,13H2,1H3/t17-/m1/s1. The number of rotatable bonds is 5. The molecule has 1 aliphatic heterocycles. The van der Waals surface area contributed by atoms with Crippen LogP contribution >= 0.6 is 0 Å². The van der Waals surface area contributed by atoms with Crippen LogP contribution in [0.1, 0.15) is 40.2 Å². The van der Waals surface area contributed by atoms with Gasteiger partial charge in [0.15, 0.2) is 0 Å². The Bertz CT molecular complexity index is 1020. The minimum atomic E-state index is -0.335. The number of carbonyl (C=O) groups excluding carboxylic acids is 1. The summed E-state index contributed by atoms with van der Waals surface area (Å²) in [5, 5.41) is 0. The zero-order chi connectivity index (χ0) is 20.2. The molecule has 2 aromatic carbocycles. The first-order chi connectivity index (χ1) is 14.2. The fourth-order valence-corrected chi connectivity index (χ4v) is 3.85. The van der Waals surface area contributed by atoms with Crippen LogP contribution < -0.4 is 4.74 Å². The van der Waals surface area contributed by atoms with Crippen molar-refractivity contribution in [2.24, 2.45) is 0 Å². The van der Waals surface area contributed by atoms with Gasteiger partial charge in [-0.05, 0) is 71.7 Å². The molecule has 29 heavy (non-hydrogen) atoms. The van der Waals surface area contributed by atoms with Crippen LogP contribution in [0.25, 0.3) is 11.1 Å². The maximum absolute atomic E-state index is 13.2. The van der Waals surface area contributed by atoms with Crippen molar-refractivity contribution in [3.63, 3.8) is 0 Å². The monoisotopic (exact) mass is 391 g/mol. The van der Waals surface area contributed by atoms with Gasteiger partial charge in [-0.2, -0.15) is 0 Å². The van der Waals surface area contributed by atoms with E-state index in [2.05, 4.69) is 17.1 Å². The third kappa shape index (κ3) is 4.14. The summed E-state index contributed by atoms with van der Waals surface area (Å²) < 4.78 is 24.0. The molecule has 3 aromatic rings. The Morgan fingerprint density at radius 1 is 1.17 bits per heavy atom. The zero-order valence-electron chi connectivity index (χ0n) is 16.2. The highest BCUT2D eigenvalue weighted by Crippen LogP contribution is 2.39. The molecular formula is C24H22FNO3. The number of nitrogens with zero attached hydrogens (tertiary/aromatic N) is 1. The van der Waals surface area contributed by atoms with Gasteiger partial charge in [-0.3, -0.25) is 4.98 Å². The number of hydrogen-bond acceptors (Lipinski definition) is 4. The molecule has 0 amide bonds. The molecule has 148 valence electrons. The second kappa shape index (κ2) is 8.43. The highest BCUT2D eigenvalue weighted by atomic mass is 19.1. The maximum atomic E-state index is 13.2. The zero-order valence-corrected chi connectivity index (χ0v) is 16.2. The Labute approximate surface area is 169 Å². The summed E-state index contributed by atoms with van der Waals surface area (Å²) in [7, 11) is 1.39. The fraction of sp³-hybridized carbons (Fsp3) is 0.250. The number of halogens is 1. The Hall–Kier alpha value is -3.21. The van der Waals surface area contributed by atoms with E-state index in [0.29, 0.717) is 18.1 Å². The third-order valence-electron chi connectivity index (χ3n) is 5.43. The highest BCUT2D eigenvalue weighted by Gasteiger charge is 2.23. The number of aryl methyl sites for hydroxylation is 1. The van der Waals surface area contributed by atoms with Gasteiger partial charge in [0.25, 0.3) is 0 Å². The molecule has 0 unspecified atom stereocenters. The molecule has 4 rings (SSSR count). The summed E-state index contributed by atoms with van der Waals surface area (Å²) in [5.74, 6) is 0.637. The van der Waals surface area contributed by atoms with Gasteiger partial charge in [-0.1, -0.05) is 24.3 Å². The number of ether oxygens (including phenoxy) is 2. The van der Waals surface area contributed by atoms with Gasteiger partial charge >= 0.3 is 5.97 Å². The van der Waals surface area contributed by atoms with Gasteiger partial charge in [-0.25, -0.2) is 9.18 Å². The minimum Gasteiger partial charge on any atom is -0.493 e. The Morgan fingerprint density at radius 2 is 1.97 bits per heavy atom. The van der Waals surface area contributed by atoms with Crippen LogP contribution in [0.4, 0.5) is 4.39 Å². The number of pyridine rings is 1. The lowest BCUT2D eigenvalue weighted by molar-refractivity contribution is 0.0599. The maximum Gasteiger partial charge on any atom is 0.338 e. The van der Waals surface area contributed by atoms with E-state index in [9.17, 15) is 9.18 Å². The molecule has 0 radical (unpaired) electrons. The van der Waals surface area contributed by atoms with Crippen molar-refractivity contribution >= 4 is 5.97 Å². The first-order valence-corrected chi connectivity index (χ1v) is 9.69. The molecule has 1 atom stereocenters.